The lowest BCUT2D eigenvalue weighted by molar-refractivity contribution is -0.124. The van der Waals surface area contributed by atoms with Crippen LogP contribution < -0.4 is 15.8 Å². The Labute approximate surface area is 148 Å². The van der Waals surface area contributed by atoms with Crippen molar-refractivity contribution in [3.8, 4) is 0 Å². The van der Waals surface area contributed by atoms with E-state index in [1.165, 1.54) is 19.2 Å². The lowest BCUT2D eigenvalue weighted by atomic mass is 9.92. The number of nitrogens with one attached hydrogen (secondary N) is 2. The Morgan fingerprint density at radius 1 is 1.38 bits per heavy atom. The van der Waals surface area contributed by atoms with Gasteiger partial charge in [0, 0.05) is 19.8 Å². The minimum Gasteiger partial charge on any atom is -0.381 e. The molecule has 7 nitrogen and oxygen atoms in total. The molecule has 24 heavy (non-hydrogen) atoms. The third kappa shape index (κ3) is 5.42. The monoisotopic (exact) mass is 377 g/mol. The maximum atomic E-state index is 12.1. The molecule has 4 N–H and O–H groups in total. The van der Waals surface area contributed by atoms with Crippen molar-refractivity contribution >= 4 is 28.3 Å². The minimum absolute atomic E-state index is 0. The van der Waals surface area contributed by atoms with E-state index in [1.54, 1.807) is 12.1 Å². The number of ether oxygens (including phenoxy) is 1. The predicted octanol–water partition coefficient (Wildman–Crippen LogP) is 0.387. The molecule has 1 heterocycles. The van der Waals surface area contributed by atoms with Crippen molar-refractivity contribution in [1.82, 2.24) is 10.0 Å². The highest BCUT2D eigenvalue weighted by Gasteiger charge is 2.26. The lowest BCUT2D eigenvalue weighted by Gasteiger charge is -2.26. The van der Waals surface area contributed by atoms with Gasteiger partial charge in [0.15, 0.2) is 0 Å². The molecule has 1 atom stereocenters. The summed E-state index contributed by atoms with van der Waals surface area (Å²) in [5.41, 5.74) is 6.71. The number of amides is 1. The van der Waals surface area contributed by atoms with Crippen molar-refractivity contribution in [2.45, 2.75) is 30.3 Å². The Morgan fingerprint density at radius 3 is 2.67 bits per heavy atom. The number of sulfonamides is 1. The van der Waals surface area contributed by atoms with E-state index in [4.69, 9.17) is 10.5 Å². The summed E-state index contributed by atoms with van der Waals surface area (Å²) in [6, 6.07) is 5.87. The van der Waals surface area contributed by atoms with Gasteiger partial charge in [-0.3, -0.25) is 4.79 Å². The third-order valence-electron chi connectivity index (χ3n) is 4.02. The molecule has 2 rings (SSSR count). The van der Waals surface area contributed by atoms with Gasteiger partial charge >= 0.3 is 0 Å². The first kappa shape index (κ1) is 20.9. The second-order valence-corrected chi connectivity index (χ2v) is 7.43. The van der Waals surface area contributed by atoms with E-state index in [2.05, 4.69) is 10.0 Å². The molecule has 1 amide bonds. The Bertz CT molecular complexity index is 648. The van der Waals surface area contributed by atoms with Gasteiger partial charge in [-0.25, -0.2) is 13.1 Å². The number of carbonyl (C=O) groups excluding carboxylic acids is 1. The summed E-state index contributed by atoms with van der Waals surface area (Å²) in [4.78, 5) is 12.3. The predicted molar refractivity (Wildman–Crippen MR) is 93.3 cm³/mol. The molecule has 1 aromatic rings. The van der Waals surface area contributed by atoms with Gasteiger partial charge in [-0.2, -0.15) is 0 Å². The lowest BCUT2D eigenvalue weighted by Crippen LogP contribution is -2.46. The Balaban J connectivity index is 0.00000288. The molecule has 1 unspecified atom stereocenters. The normalized spacial score (nSPS) is 16.9. The fraction of sp³-hybridized carbons (Fsp3) is 0.533. The summed E-state index contributed by atoms with van der Waals surface area (Å²) in [6.07, 6.45) is 1.56. The number of benzene rings is 1. The zero-order valence-corrected chi connectivity index (χ0v) is 15.2. The molecule has 0 bridgehead atoms. The molecule has 1 aliphatic heterocycles. The van der Waals surface area contributed by atoms with Crippen molar-refractivity contribution in [2.75, 3.05) is 20.3 Å². The van der Waals surface area contributed by atoms with Crippen LogP contribution in [0.25, 0.3) is 0 Å². The molecule has 0 radical (unpaired) electrons. The summed E-state index contributed by atoms with van der Waals surface area (Å²) in [6.45, 7) is 1.51. The quantitative estimate of drug-likeness (QED) is 0.664. The van der Waals surface area contributed by atoms with Gasteiger partial charge in [0.25, 0.3) is 0 Å². The van der Waals surface area contributed by atoms with Gasteiger partial charge in [-0.1, -0.05) is 12.1 Å². The third-order valence-corrected chi connectivity index (χ3v) is 5.43. The highest BCUT2D eigenvalue weighted by Crippen LogP contribution is 2.18. The number of hydrogen-bond donors (Lipinski definition) is 3. The number of rotatable bonds is 6. The van der Waals surface area contributed by atoms with E-state index in [-0.39, 0.29) is 35.7 Å². The summed E-state index contributed by atoms with van der Waals surface area (Å²) in [5.74, 6) is -0.0986. The number of hydrogen-bond acceptors (Lipinski definition) is 5. The van der Waals surface area contributed by atoms with Crippen molar-refractivity contribution in [3.05, 3.63) is 29.8 Å². The molecule has 0 spiro atoms. The van der Waals surface area contributed by atoms with E-state index >= 15 is 0 Å². The van der Waals surface area contributed by atoms with Crippen LogP contribution in [0, 0.1) is 5.92 Å². The van der Waals surface area contributed by atoms with Gasteiger partial charge in [0.05, 0.1) is 10.9 Å². The van der Waals surface area contributed by atoms with E-state index in [0.717, 1.165) is 12.8 Å². The smallest absolute Gasteiger partial charge is 0.240 e. The zero-order chi connectivity index (χ0) is 16.9. The van der Waals surface area contributed by atoms with Gasteiger partial charge in [0.1, 0.15) is 0 Å². The second kappa shape index (κ2) is 9.33. The summed E-state index contributed by atoms with van der Waals surface area (Å²) < 4.78 is 31.1. The molecule has 0 aliphatic carbocycles. The first-order valence-corrected chi connectivity index (χ1v) is 9.06. The highest BCUT2D eigenvalue weighted by molar-refractivity contribution is 7.89. The van der Waals surface area contributed by atoms with Crippen LogP contribution in [-0.2, 0) is 26.1 Å². The standard InChI is InChI=1S/C15H23N3O4S.ClH/c1-17-23(20,21)13-4-2-3-11(9-13)10-18-15(19)14(16)12-5-7-22-8-6-12;/h2-4,9,12,14,17H,5-8,10,16H2,1H3,(H,18,19);1H. The van der Waals surface area contributed by atoms with Crippen molar-refractivity contribution in [3.63, 3.8) is 0 Å². The average molecular weight is 378 g/mol. The topological polar surface area (TPSA) is 111 Å². The van der Waals surface area contributed by atoms with Crippen LogP contribution in [0.1, 0.15) is 18.4 Å². The first-order chi connectivity index (χ1) is 10.9. The number of nitrogens with two attached hydrogens (primary N) is 1. The largest absolute Gasteiger partial charge is 0.381 e. The van der Waals surface area contributed by atoms with Gasteiger partial charge in [0.2, 0.25) is 15.9 Å². The molecule has 1 aromatic carbocycles. The van der Waals surface area contributed by atoms with Crippen LogP contribution >= 0.6 is 12.4 Å². The highest BCUT2D eigenvalue weighted by atomic mass is 35.5. The van der Waals surface area contributed by atoms with Crippen LogP contribution in [0.5, 0.6) is 0 Å². The molecule has 0 aromatic heterocycles. The molecule has 136 valence electrons. The van der Waals surface area contributed by atoms with Crippen molar-refractivity contribution in [1.29, 1.82) is 0 Å². The summed E-state index contributed by atoms with van der Waals surface area (Å²) in [7, 11) is -2.14. The van der Waals surface area contributed by atoms with E-state index in [9.17, 15) is 13.2 Å². The van der Waals surface area contributed by atoms with Crippen LogP contribution in [0.4, 0.5) is 0 Å². The van der Waals surface area contributed by atoms with E-state index < -0.39 is 16.1 Å². The molecule has 1 aliphatic rings. The van der Waals surface area contributed by atoms with Crippen LogP contribution in [0.3, 0.4) is 0 Å². The molecular formula is C15H24ClN3O4S. The first-order valence-electron chi connectivity index (χ1n) is 7.57. The minimum atomic E-state index is -3.49. The van der Waals surface area contributed by atoms with Crippen molar-refractivity contribution in [2.24, 2.45) is 11.7 Å². The number of carbonyl (C=O) groups is 1. The zero-order valence-electron chi connectivity index (χ0n) is 13.5. The van der Waals surface area contributed by atoms with Gasteiger partial charge < -0.3 is 15.8 Å². The maximum Gasteiger partial charge on any atom is 0.240 e. The van der Waals surface area contributed by atoms with Crippen LogP contribution in [-0.4, -0.2) is 40.6 Å². The molecule has 1 fully saturated rings. The van der Waals surface area contributed by atoms with E-state index in [0.29, 0.717) is 18.8 Å². The van der Waals surface area contributed by atoms with Gasteiger partial charge in [-0.15, -0.1) is 12.4 Å². The second-order valence-electron chi connectivity index (χ2n) is 5.55. The fourth-order valence-corrected chi connectivity index (χ4v) is 3.34. The SMILES string of the molecule is CNS(=O)(=O)c1cccc(CNC(=O)C(N)C2CCOCC2)c1.Cl. The van der Waals surface area contributed by atoms with Crippen LogP contribution in [0.15, 0.2) is 29.2 Å². The maximum absolute atomic E-state index is 12.1. The van der Waals surface area contributed by atoms with Crippen molar-refractivity contribution < 1.29 is 17.9 Å². The summed E-state index contributed by atoms with van der Waals surface area (Å²) in [5, 5.41) is 2.77. The summed E-state index contributed by atoms with van der Waals surface area (Å²) >= 11 is 0. The fourth-order valence-electron chi connectivity index (χ4n) is 2.54. The molecule has 9 heteroatoms. The Hall–Kier alpha value is -1.19. The van der Waals surface area contributed by atoms with Gasteiger partial charge in [-0.05, 0) is 43.5 Å². The Kier molecular flexibility index (Phi) is 8.11. The Morgan fingerprint density at radius 2 is 2.04 bits per heavy atom. The molecule has 0 saturated carbocycles. The molecular weight excluding hydrogens is 354 g/mol. The molecule has 1 saturated heterocycles. The van der Waals surface area contributed by atoms with Crippen LogP contribution in [0.2, 0.25) is 0 Å². The van der Waals surface area contributed by atoms with E-state index in [1.807, 2.05) is 0 Å². The average Bonchev–Trinajstić information content (AvgIpc) is 2.60. The number of halogens is 1.